The summed E-state index contributed by atoms with van der Waals surface area (Å²) >= 11 is 0. The van der Waals surface area contributed by atoms with Crippen molar-refractivity contribution < 1.29 is 9.53 Å². The lowest BCUT2D eigenvalue weighted by Crippen LogP contribution is -2.47. The molecule has 1 saturated heterocycles. The zero-order chi connectivity index (χ0) is 17.2. The lowest BCUT2D eigenvalue weighted by molar-refractivity contribution is -0.0197. The van der Waals surface area contributed by atoms with Crippen molar-refractivity contribution in [3.05, 3.63) is 48.0 Å². The molecule has 0 aliphatic carbocycles. The lowest BCUT2D eigenvalue weighted by Gasteiger charge is -2.33. The molecule has 130 valence electrons. The Bertz CT molecular complexity index is 809. The van der Waals surface area contributed by atoms with E-state index >= 15 is 0 Å². The van der Waals surface area contributed by atoms with Crippen molar-refractivity contribution in [1.82, 2.24) is 4.90 Å². The van der Waals surface area contributed by atoms with E-state index in [1.54, 1.807) is 0 Å². The highest BCUT2D eigenvalue weighted by atomic mass is 16.5. The minimum Gasteiger partial charge on any atom is -0.367 e. The number of ether oxygens (including phenoxy) is 1. The fourth-order valence-corrected chi connectivity index (χ4v) is 3.96. The first-order valence-electron chi connectivity index (χ1n) is 9.06. The number of aliphatic imine (C=N–C) groups is 1. The molecule has 0 N–H and O–H groups in total. The average Bonchev–Trinajstić information content (AvgIpc) is 3.05. The molecule has 2 aliphatic heterocycles. The molecule has 2 unspecified atom stereocenters. The number of morpholine rings is 1. The number of rotatable bonds is 4. The zero-order valence-corrected chi connectivity index (χ0v) is 14.6. The molecule has 4 heteroatoms. The van der Waals surface area contributed by atoms with E-state index in [2.05, 4.69) is 16.8 Å². The van der Waals surface area contributed by atoms with E-state index in [1.165, 1.54) is 5.71 Å². The molecular formula is C21H24N2O2. The minimum absolute atomic E-state index is 0.0975. The summed E-state index contributed by atoms with van der Waals surface area (Å²) in [6.45, 7) is 6.22. The Balaban J connectivity index is 1.48. The van der Waals surface area contributed by atoms with Gasteiger partial charge in [0.2, 0.25) is 0 Å². The van der Waals surface area contributed by atoms with Crippen LogP contribution in [0.3, 0.4) is 0 Å². The van der Waals surface area contributed by atoms with Crippen molar-refractivity contribution in [2.45, 2.75) is 19.4 Å². The third kappa shape index (κ3) is 3.51. The van der Waals surface area contributed by atoms with Gasteiger partial charge < -0.3 is 4.74 Å². The van der Waals surface area contributed by atoms with Gasteiger partial charge in [-0.3, -0.25) is 14.7 Å². The number of hydrogen-bond acceptors (Lipinski definition) is 4. The first kappa shape index (κ1) is 16.4. The van der Waals surface area contributed by atoms with Gasteiger partial charge in [-0.1, -0.05) is 42.5 Å². The van der Waals surface area contributed by atoms with Crippen LogP contribution < -0.4 is 0 Å². The second-order valence-corrected chi connectivity index (χ2v) is 7.16. The molecule has 2 aromatic carbocycles. The quantitative estimate of drug-likeness (QED) is 0.805. The topological polar surface area (TPSA) is 41.9 Å². The number of ketones is 1. The van der Waals surface area contributed by atoms with Crippen molar-refractivity contribution in [2.24, 2.45) is 10.9 Å². The van der Waals surface area contributed by atoms with Crippen LogP contribution in [0.4, 0.5) is 0 Å². The van der Waals surface area contributed by atoms with E-state index < -0.39 is 0 Å². The maximum Gasteiger partial charge on any atom is 0.193 e. The van der Waals surface area contributed by atoms with Gasteiger partial charge in [-0.05, 0) is 30.0 Å². The Hall–Kier alpha value is -2.04. The summed E-state index contributed by atoms with van der Waals surface area (Å²) in [4.78, 5) is 20.0. The van der Waals surface area contributed by atoms with E-state index in [-0.39, 0.29) is 11.9 Å². The first-order chi connectivity index (χ1) is 12.2. The monoisotopic (exact) mass is 336 g/mol. The summed E-state index contributed by atoms with van der Waals surface area (Å²) < 4.78 is 5.84. The van der Waals surface area contributed by atoms with Crippen LogP contribution in [0, 0.1) is 5.92 Å². The Morgan fingerprint density at radius 3 is 2.92 bits per heavy atom. The predicted molar refractivity (Wildman–Crippen MR) is 101 cm³/mol. The summed E-state index contributed by atoms with van der Waals surface area (Å²) in [6.07, 6.45) is 0.710. The van der Waals surface area contributed by atoms with Crippen LogP contribution >= 0.6 is 0 Å². The van der Waals surface area contributed by atoms with Gasteiger partial charge in [-0.2, -0.15) is 0 Å². The van der Waals surface area contributed by atoms with Crippen LogP contribution in [-0.2, 0) is 4.74 Å². The van der Waals surface area contributed by atoms with Gasteiger partial charge in [0.15, 0.2) is 5.78 Å². The van der Waals surface area contributed by atoms with Crippen molar-refractivity contribution in [2.75, 3.05) is 32.8 Å². The van der Waals surface area contributed by atoms with Gasteiger partial charge in [0, 0.05) is 37.5 Å². The maximum atomic E-state index is 13.1. The van der Waals surface area contributed by atoms with Crippen LogP contribution in [0.1, 0.15) is 23.7 Å². The third-order valence-corrected chi connectivity index (χ3v) is 5.22. The first-order valence-corrected chi connectivity index (χ1v) is 9.06. The number of fused-ring (bicyclic) bond motifs is 1. The molecule has 2 aromatic rings. The van der Waals surface area contributed by atoms with Crippen molar-refractivity contribution in [3.8, 4) is 0 Å². The van der Waals surface area contributed by atoms with Crippen LogP contribution in [0.2, 0.25) is 0 Å². The number of hydrogen-bond donors (Lipinski definition) is 0. The summed E-state index contributed by atoms with van der Waals surface area (Å²) in [5.74, 6) is 0.687. The lowest BCUT2D eigenvalue weighted by atomic mass is 9.97. The average molecular weight is 336 g/mol. The summed E-state index contributed by atoms with van der Waals surface area (Å²) in [6, 6.07) is 14.0. The summed E-state index contributed by atoms with van der Waals surface area (Å²) in [7, 11) is 0. The molecule has 0 aromatic heterocycles. The molecule has 4 rings (SSSR count). The van der Waals surface area contributed by atoms with E-state index in [4.69, 9.17) is 4.74 Å². The second kappa shape index (κ2) is 7.06. The molecule has 1 fully saturated rings. The number of nitrogens with zero attached hydrogens (tertiary/aromatic N) is 2. The molecule has 2 atom stereocenters. The third-order valence-electron chi connectivity index (χ3n) is 5.22. The largest absolute Gasteiger partial charge is 0.367 e. The fourth-order valence-electron chi connectivity index (χ4n) is 3.96. The van der Waals surface area contributed by atoms with E-state index in [0.29, 0.717) is 19.1 Å². The van der Waals surface area contributed by atoms with Gasteiger partial charge in [-0.15, -0.1) is 0 Å². The van der Waals surface area contributed by atoms with Crippen LogP contribution in [0.15, 0.2) is 47.5 Å². The standard InChI is InChI=1S/C21H24N2O2/c1-15-11-16(12-22-15)13-23-9-10-25-20(14-23)21(24)19-8-4-6-17-5-2-3-7-18(17)19/h2-8,16,20H,9-14H2,1H3. The highest BCUT2D eigenvalue weighted by Crippen LogP contribution is 2.23. The molecule has 0 amide bonds. The second-order valence-electron chi connectivity index (χ2n) is 7.16. The summed E-state index contributed by atoms with van der Waals surface area (Å²) in [5, 5.41) is 2.11. The van der Waals surface area contributed by atoms with E-state index in [0.717, 1.165) is 42.4 Å². The SMILES string of the molecule is CC1=NCC(CN2CCOC(C(=O)c3cccc4ccccc34)C2)C1. The Morgan fingerprint density at radius 2 is 2.08 bits per heavy atom. The molecular weight excluding hydrogens is 312 g/mol. The molecule has 2 heterocycles. The van der Waals surface area contributed by atoms with Gasteiger partial charge in [0.05, 0.1) is 6.61 Å². The molecule has 0 bridgehead atoms. The highest BCUT2D eigenvalue weighted by molar-refractivity contribution is 6.10. The number of carbonyl (C=O) groups excluding carboxylic acids is 1. The zero-order valence-electron chi connectivity index (χ0n) is 14.6. The smallest absolute Gasteiger partial charge is 0.193 e. The number of Topliss-reactive ketones (excluding diaryl/α,β-unsaturated/α-hetero) is 1. The minimum atomic E-state index is -0.372. The van der Waals surface area contributed by atoms with E-state index in [9.17, 15) is 4.79 Å². The Morgan fingerprint density at radius 1 is 1.24 bits per heavy atom. The van der Waals surface area contributed by atoms with Crippen LogP contribution in [-0.4, -0.2) is 55.3 Å². The van der Waals surface area contributed by atoms with Gasteiger partial charge >= 0.3 is 0 Å². The maximum absolute atomic E-state index is 13.1. The predicted octanol–water partition coefficient (Wildman–Crippen LogP) is 3.20. The highest BCUT2D eigenvalue weighted by Gasteiger charge is 2.30. The molecule has 2 aliphatic rings. The normalized spacial score (nSPS) is 24.4. The molecule has 4 nitrogen and oxygen atoms in total. The van der Waals surface area contributed by atoms with Crippen LogP contribution in [0.5, 0.6) is 0 Å². The number of carbonyl (C=O) groups is 1. The van der Waals surface area contributed by atoms with Gasteiger partial charge in [0.25, 0.3) is 0 Å². The fraction of sp³-hybridized carbons (Fsp3) is 0.429. The van der Waals surface area contributed by atoms with Crippen molar-refractivity contribution >= 4 is 22.3 Å². The van der Waals surface area contributed by atoms with E-state index in [1.807, 2.05) is 42.5 Å². The molecule has 0 radical (unpaired) electrons. The van der Waals surface area contributed by atoms with Crippen molar-refractivity contribution in [1.29, 1.82) is 0 Å². The molecule has 0 saturated carbocycles. The Labute approximate surface area is 148 Å². The van der Waals surface area contributed by atoms with Crippen molar-refractivity contribution in [3.63, 3.8) is 0 Å². The Kier molecular flexibility index (Phi) is 4.64. The molecule has 25 heavy (non-hydrogen) atoms. The number of benzene rings is 2. The van der Waals surface area contributed by atoms with Gasteiger partial charge in [0.1, 0.15) is 6.10 Å². The van der Waals surface area contributed by atoms with Crippen LogP contribution in [0.25, 0.3) is 10.8 Å². The van der Waals surface area contributed by atoms with Gasteiger partial charge in [-0.25, -0.2) is 0 Å². The summed E-state index contributed by atoms with van der Waals surface area (Å²) in [5.41, 5.74) is 2.02. The molecule has 0 spiro atoms.